The predicted molar refractivity (Wildman–Crippen MR) is 90.0 cm³/mol. The molecule has 0 fully saturated rings. The standard InChI is InChI=1S/C18H25N3O2/c1-4-21-17-7-5-6-16(15(17)12-20-21)19-11-13-8-9-14(22-2)10-18(13)23-3/h8-10,12,16,19H,4-7,11H2,1-3H3. The molecule has 3 rings (SSSR count). The molecule has 2 aromatic rings. The zero-order valence-corrected chi connectivity index (χ0v) is 14.1. The van der Waals surface area contributed by atoms with Crippen molar-refractivity contribution in [1.29, 1.82) is 0 Å². The molecule has 1 aliphatic carbocycles. The van der Waals surface area contributed by atoms with Crippen LogP contribution in [0.15, 0.2) is 24.4 Å². The lowest BCUT2D eigenvalue weighted by Crippen LogP contribution is -2.25. The van der Waals surface area contributed by atoms with E-state index in [1.165, 1.54) is 17.7 Å². The van der Waals surface area contributed by atoms with E-state index in [-0.39, 0.29) is 0 Å². The van der Waals surface area contributed by atoms with Gasteiger partial charge in [-0.1, -0.05) is 6.07 Å². The average Bonchev–Trinajstić information content (AvgIpc) is 3.03. The SMILES string of the molecule is CCn1ncc2c1CCCC2NCc1ccc(OC)cc1OC. The Balaban J connectivity index is 1.73. The number of methoxy groups -OCH3 is 2. The molecule has 124 valence electrons. The van der Waals surface area contributed by atoms with Crippen molar-refractivity contribution in [2.75, 3.05) is 14.2 Å². The highest BCUT2D eigenvalue weighted by molar-refractivity contribution is 5.40. The number of aromatic nitrogens is 2. The molecule has 1 aliphatic rings. The van der Waals surface area contributed by atoms with Crippen LogP contribution in [0.3, 0.4) is 0 Å². The van der Waals surface area contributed by atoms with Crippen molar-refractivity contribution in [1.82, 2.24) is 15.1 Å². The summed E-state index contributed by atoms with van der Waals surface area (Å²) in [6.45, 7) is 3.86. The number of fused-ring (bicyclic) bond motifs is 1. The normalized spacial score (nSPS) is 16.9. The third kappa shape index (κ3) is 3.20. The van der Waals surface area contributed by atoms with Gasteiger partial charge in [-0.2, -0.15) is 5.10 Å². The molecule has 0 aliphatic heterocycles. The van der Waals surface area contributed by atoms with Crippen LogP contribution in [0.2, 0.25) is 0 Å². The first-order valence-electron chi connectivity index (χ1n) is 8.25. The molecular weight excluding hydrogens is 290 g/mol. The van der Waals surface area contributed by atoms with Gasteiger partial charge in [0.15, 0.2) is 0 Å². The summed E-state index contributed by atoms with van der Waals surface area (Å²) in [5.41, 5.74) is 3.88. The molecule has 5 nitrogen and oxygen atoms in total. The summed E-state index contributed by atoms with van der Waals surface area (Å²) in [5, 5.41) is 8.18. The Hall–Kier alpha value is -2.01. The maximum atomic E-state index is 5.48. The summed E-state index contributed by atoms with van der Waals surface area (Å²) in [4.78, 5) is 0. The minimum absolute atomic E-state index is 0.367. The van der Waals surface area contributed by atoms with Crippen LogP contribution in [0.1, 0.15) is 42.6 Å². The number of aryl methyl sites for hydroxylation is 1. The van der Waals surface area contributed by atoms with E-state index in [4.69, 9.17) is 9.47 Å². The Morgan fingerprint density at radius 3 is 2.91 bits per heavy atom. The first-order chi connectivity index (χ1) is 11.3. The molecule has 0 radical (unpaired) electrons. The fourth-order valence-corrected chi connectivity index (χ4v) is 3.33. The third-order valence-corrected chi connectivity index (χ3v) is 4.60. The Morgan fingerprint density at radius 1 is 1.30 bits per heavy atom. The number of nitrogens with one attached hydrogen (secondary N) is 1. The molecule has 0 saturated carbocycles. The van der Waals surface area contributed by atoms with Crippen molar-refractivity contribution in [2.24, 2.45) is 0 Å². The summed E-state index contributed by atoms with van der Waals surface area (Å²) in [7, 11) is 3.36. The molecule has 23 heavy (non-hydrogen) atoms. The van der Waals surface area contributed by atoms with Crippen molar-refractivity contribution >= 4 is 0 Å². The Bertz CT molecular complexity index is 666. The molecule has 0 spiro atoms. The number of rotatable bonds is 6. The van der Waals surface area contributed by atoms with Crippen molar-refractivity contribution in [3.05, 3.63) is 41.2 Å². The summed E-state index contributed by atoms with van der Waals surface area (Å²) >= 11 is 0. The highest BCUT2D eigenvalue weighted by atomic mass is 16.5. The second-order valence-electron chi connectivity index (χ2n) is 5.87. The van der Waals surface area contributed by atoms with Gasteiger partial charge in [0.1, 0.15) is 11.5 Å². The van der Waals surface area contributed by atoms with Gasteiger partial charge in [0, 0.05) is 42.0 Å². The van der Waals surface area contributed by atoms with Crippen LogP contribution in [0.25, 0.3) is 0 Å². The lowest BCUT2D eigenvalue weighted by molar-refractivity contribution is 0.386. The number of nitrogens with zero attached hydrogens (tertiary/aromatic N) is 2. The second kappa shape index (κ2) is 7.04. The van der Waals surface area contributed by atoms with Crippen LogP contribution in [-0.4, -0.2) is 24.0 Å². The predicted octanol–water partition coefficient (Wildman–Crippen LogP) is 3.09. The summed E-state index contributed by atoms with van der Waals surface area (Å²) in [5.74, 6) is 1.67. The summed E-state index contributed by atoms with van der Waals surface area (Å²) in [6, 6.07) is 6.33. The van der Waals surface area contributed by atoms with Crippen LogP contribution in [-0.2, 0) is 19.5 Å². The molecule has 1 unspecified atom stereocenters. The minimum Gasteiger partial charge on any atom is -0.497 e. The first-order valence-corrected chi connectivity index (χ1v) is 8.25. The fourth-order valence-electron chi connectivity index (χ4n) is 3.33. The van der Waals surface area contributed by atoms with E-state index < -0.39 is 0 Å². The van der Waals surface area contributed by atoms with E-state index in [0.29, 0.717) is 6.04 Å². The van der Waals surface area contributed by atoms with Crippen LogP contribution in [0.4, 0.5) is 0 Å². The Labute approximate surface area is 137 Å². The fraction of sp³-hybridized carbons (Fsp3) is 0.500. The molecule has 0 saturated heterocycles. The van der Waals surface area contributed by atoms with E-state index in [2.05, 4.69) is 28.1 Å². The van der Waals surface area contributed by atoms with Crippen LogP contribution < -0.4 is 14.8 Å². The summed E-state index contributed by atoms with van der Waals surface area (Å²) < 4.78 is 12.9. The van der Waals surface area contributed by atoms with E-state index in [1.807, 2.05) is 18.3 Å². The van der Waals surface area contributed by atoms with Gasteiger partial charge in [0.05, 0.1) is 20.4 Å². The topological polar surface area (TPSA) is 48.3 Å². The average molecular weight is 315 g/mol. The van der Waals surface area contributed by atoms with Gasteiger partial charge in [0.25, 0.3) is 0 Å². The molecule has 1 heterocycles. The Kier molecular flexibility index (Phi) is 4.86. The van der Waals surface area contributed by atoms with E-state index in [1.54, 1.807) is 14.2 Å². The van der Waals surface area contributed by atoms with Gasteiger partial charge >= 0.3 is 0 Å². The number of ether oxygens (including phenoxy) is 2. The largest absolute Gasteiger partial charge is 0.497 e. The van der Waals surface area contributed by atoms with E-state index in [0.717, 1.165) is 43.0 Å². The van der Waals surface area contributed by atoms with Crippen molar-refractivity contribution in [3.63, 3.8) is 0 Å². The van der Waals surface area contributed by atoms with Gasteiger partial charge in [-0.05, 0) is 32.3 Å². The lowest BCUT2D eigenvalue weighted by atomic mass is 9.92. The second-order valence-corrected chi connectivity index (χ2v) is 5.87. The molecule has 1 atom stereocenters. The molecular formula is C18H25N3O2. The molecule has 5 heteroatoms. The molecule has 0 amide bonds. The molecule has 1 aromatic carbocycles. The number of benzene rings is 1. The lowest BCUT2D eigenvalue weighted by Gasteiger charge is -2.24. The molecule has 1 aromatic heterocycles. The van der Waals surface area contributed by atoms with Crippen LogP contribution in [0, 0.1) is 0 Å². The van der Waals surface area contributed by atoms with Crippen molar-refractivity contribution in [2.45, 2.75) is 45.3 Å². The van der Waals surface area contributed by atoms with Crippen molar-refractivity contribution < 1.29 is 9.47 Å². The minimum atomic E-state index is 0.367. The maximum Gasteiger partial charge on any atom is 0.127 e. The zero-order valence-electron chi connectivity index (χ0n) is 14.1. The maximum absolute atomic E-state index is 5.48. The monoisotopic (exact) mass is 315 g/mol. The number of hydrogen-bond donors (Lipinski definition) is 1. The molecule has 1 N–H and O–H groups in total. The smallest absolute Gasteiger partial charge is 0.127 e. The van der Waals surface area contributed by atoms with Crippen LogP contribution in [0.5, 0.6) is 11.5 Å². The van der Waals surface area contributed by atoms with Gasteiger partial charge in [0.2, 0.25) is 0 Å². The zero-order chi connectivity index (χ0) is 16.2. The van der Waals surface area contributed by atoms with E-state index in [9.17, 15) is 0 Å². The Morgan fingerprint density at radius 2 is 2.17 bits per heavy atom. The quantitative estimate of drug-likeness (QED) is 0.890. The third-order valence-electron chi connectivity index (χ3n) is 4.60. The molecule has 0 bridgehead atoms. The van der Waals surface area contributed by atoms with Crippen molar-refractivity contribution in [3.8, 4) is 11.5 Å². The highest BCUT2D eigenvalue weighted by Crippen LogP contribution is 2.31. The highest BCUT2D eigenvalue weighted by Gasteiger charge is 2.23. The number of hydrogen-bond acceptors (Lipinski definition) is 4. The van der Waals surface area contributed by atoms with Crippen LogP contribution >= 0.6 is 0 Å². The van der Waals surface area contributed by atoms with Gasteiger partial charge in [-0.15, -0.1) is 0 Å². The van der Waals surface area contributed by atoms with Gasteiger partial charge in [-0.25, -0.2) is 0 Å². The van der Waals surface area contributed by atoms with E-state index >= 15 is 0 Å². The van der Waals surface area contributed by atoms with Gasteiger partial charge in [-0.3, -0.25) is 4.68 Å². The first kappa shape index (κ1) is 15.9. The summed E-state index contributed by atoms with van der Waals surface area (Å²) in [6.07, 6.45) is 5.52. The van der Waals surface area contributed by atoms with Gasteiger partial charge < -0.3 is 14.8 Å².